The molecule has 3 aliphatic rings. The maximum Gasteiger partial charge on any atom is 0.256 e. The molecule has 3 aliphatic heterocycles. The Bertz CT molecular complexity index is 1150. The van der Waals surface area contributed by atoms with Gasteiger partial charge in [0.1, 0.15) is 11.6 Å². The number of imide groups is 1. The van der Waals surface area contributed by atoms with Gasteiger partial charge >= 0.3 is 0 Å². The molecule has 2 atom stereocenters. The summed E-state index contributed by atoms with van der Waals surface area (Å²) in [4.78, 5) is 45.4. The first kappa shape index (κ1) is 22.7. The molecule has 1 aromatic carbocycles. The highest BCUT2D eigenvalue weighted by molar-refractivity contribution is 6.05. The predicted molar refractivity (Wildman–Crippen MR) is 124 cm³/mol. The number of pyridine rings is 1. The van der Waals surface area contributed by atoms with Crippen LogP contribution in [-0.2, 0) is 28.3 Å². The lowest BCUT2D eigenvalue weighted by Crippen LogP contribution is -2.55. The minimum Gasteiger partial charge on any atom is -0.383 e. The monoisotopic (exact) mass is 462 g/mol. The summed E-state index contributed by atoms with van der Waals surface area (Å²) in [6.45, 7) is 6.57. The first-order valence-electron chi connectivity index (χ1n) is 11.8. The molecule has 1 unspecified atom stereocenters. The number of fused-ring (bicyclic) bond motifs is 1. The van der Waals surface area contributed by atoms with Gasteiger partial charge in [-0.25, -0.2) is 0 Å². The van der Waals surface area contributed by atoms with Gasteiger partial charge in [0.25, 0.3) is 5.91 Å². The van der Waals surface area contributed by atoms with E-state index in [0.29, 0.717) is 36.3 Å². The van der Waals surface area contributed by atoms with Gasteiger partial charge < -0.3 is 10.0 Å². The van der Waals surface area contributed by atoms with Gasteiger partial charge in [-0.05, 0) is 30.5 Å². The van der Waals surface area contributed by atoms with Crippen molar-refractivity contribution in [3.63, 3.8) is 0 Å². The molecule has 2 fully saturated rings. The molecule has 1 aromatic heterocycles. The van der Waals surface area contributed by atoms with Gasteiger partial charge in [-0.1, -0.05) is 44.2 Å². The van der Waals surface area contributed by atoms with E-state index in [2.05, 4.69) is 36.2 Å². The molecule has 34 heavy (non-hydrogen) atoms. The van der Waals surface area contributed by atoms with Crippen LogP contribution in [0.15, 0.2) is 42.5 Å². The number of amides is 3. The first-order chi connectivity index (χ1) is 16.2. The van der Waals surface area contributed by atoms with E-state index in [-0.39, 0.29) is 24.8 Å². The van der Waals surface area contributed by atoms with E-state index in [9.17, 15) is 19.5 Å². The van der Waals surface area contributed by atoms with E-state index in [4.69, 9.17) is 4.98 Å². The van der Waals surface area contributed by atoms with Crippen molar-refractivity contribution >= 4 is 17.7 Å². The molecule has 2 saturated heterocycles. The highest BCUT2D eigenvalue weighted by Crippen LogP contribution is 2.46. The number of nitrogens with zero attached hydrogens (tertiary/aromatic N) is 3. The first-order valence-corrected chi connectivity index (χ1v) is 11.8. The van der Waals surface area contributed by atoms with Crippen LogP contribution < -0.4 is 5.32 Å². The minimum absolute atomic E-state index is 0.199. The molecule has 3 amide bonds. The zero-order valence-electron chi connectivity index (χ0n) is 19.6. The number of nitrogens with one attached hydrogen (secondary N) is 1. The Morgan fingerprint density at radius 3 is 2.59 bits per heavy atom. The Balaban J connectivity index is 1.35. The second-order valence-corrected chi connectivity index (χ2v) is 10.3. The minimum atomic E-state index is -1.14. The number of carbonyl (C=O) groups excluding carboxylic acids is 3. The number of likely N-dealkylation sites (tertiary alicyclic amines) is 1. The van der Waals surface area contributed by atoms with Crippen LogP contribution >= 0.6 is 0 Å². The molecular weight excluding hydrogens is 432 g/mol. The van der Waals surface area contributed by atoms with Crippen molar-refractivity contribution in [1.29, 1.82) is 0 Å². The number of piperidine rings is 2. The van der Waals surface area contributed by atoms with Crippen LogP contribution in [0.3, 0.4) is 0 Å². The molecule has 8 heteroatoms. The summed E-state index contributed by atoms with van der Waals surface area (Å²) in [5, 5.41) is 14.2. The standard InChI is InChI=1S/C26H30N4O4/c1-25(2)16-29(14-17-6-4-3-5-7-17)13-12-26(25,34)21-10-8-18-19(27-21)15-30(24(18)33)20-9-11-22(31)28-23(20)32/h3-8,10,20,34H,9,11-16H2,1-2H3,(H,28,31,32)/t20?,26-/m1/s1. The topological polar surface area (TPSA) is 103 Å². The quantitative estimate of drug-likeness (QED) is 0.674. The number of carbonyl (C=O) groups is 3. The molecule has 5 rings (SSSR count). The fourth-order valence-electron chi connectivity index (χ4n) is 5.54. The molecule has 0 spiro atoms. The van der Waals surface area contributed by atoms with E-state index in [1.54, 1.807) is 12.1 Å². The lowest BCUT2D eigenvalue weighted by molar-refractivity contribution is -0.137. The van der Waals surface area contributed by atoms with Crippen molar-refractivity contribution in [2.75, 3.05) is 13.1 Å². The molecule has 0 radical (unpaired) electrons. The number of aromatic nitrogens is 1. The van der Waals surface area contributed by atoms with Crippen LogP contribution in [0.4, 0.5) is 0 Å². The molecule has 2 aromatic rings. The van der Waals surface area contributed by atoms with Crippen molar-refractivity contribution in [3.8, 4) is 0 Å². The summed E-state index contributed by atoms with van der Waals surface area (Å²) in [6.07, 6.45) is 1.05. The van der Waals surface area contributed by atoms with Gasteiger partial charge in [-0.15, -0.1) is 0 Å². The fourth-order valence-corrected chi connectivity index (χ4v) is 5.54. The molecular formula is C26H30N4O4. The number of hydrogen-bond acceptors (Lipinski definition) is 6. The Kier molecular flexibility index (Phi) is 5.53. The number of benzene rings is 1. The molecule has 0 bridgehead atoms. The maximum absolute atomic E-state index is 13.0. The average molecular weight is 463 g/mol. The number of rotatable bonds is 4. The lowest BCUT2D eigenvalue weighted by Gasteiger charge is -2.50. The zero-order chi connectivity index (χ0) is 24.1. The average Bonchev–Trinajstić information content (AvgIpc) is 3.12. The van der Waals surface area contributed by atoms with Crippen molar-refractivity contribution < 1.29 is 19.5 Å². The van der Waals surface area contributed by atoms with E-state index in [0.717, 1.165) is 13.1 Å². The molecule has 178 valence electrons. The highest BCUT2D eigenvalue weighted by atomic mass is 16.3. The summed E-state index contributed by atoms with van der Waals surface area (Å²) < 4.78 is 0. The van der Waals surface area contributed by atoms with Crippen LogP contribution in [0.5, 0.6) is 0 Å². The third-order valence-corrected chi connectivity index (χ3v) is 7.57. The fraction of sp³-hybridized carbons (Fsp3) is 0.462. The van der Waals surface area contributed by atoms with Crippen LogP contribution in [-0.4, -0.2) is 56.7 Å². The van der Waals surface area contributed by atoms with Crippen LogP contribution in [0.1, 0.15) is 60.4 Å². The van der Waals surface area contributed by atoms with Gasteiger partial charge in [0.2, 0.25) is 11.8 Å². The third-order valence-electron chi connectivity index (χ3n) is 7.57. The summed E-state index contributed by atoms with van der Waals surface area (Å²) in [5.74, 6) is -1.01. The lowest BCUT2D eigenvalue weighted by atomic mass is 9.68. The Hall–Kier alpha value is -3.10. The van der Waals surface area contributed by atoms with Crippen LogP contribution in [0, 0.1) is 5.41 Å². The van der Waals surface area contributed by atoms with Crippen LogP contribution in [0.25, 0.3) is 0 Å². The number of aliphatic hydroxyl groups is 1. The summed E-state index contributed by atoms with van der Waals surface area (Å²) in [6, 6.07) is 13.1. The zero-order valence-corrected chi connectivity index (χ0v) is 19.6. The van der Waals surface area contributed by atoms with Gasteiger partial charge in [0.15, 0.2) is 0 Å². The van der Waals surface area contributed by atoms with Crippen molar-refractivity contribution in [1.82, 2.24) is 20.1 Å². The van der Waals surface area contributed by atoms with E-state index in [1.165, 1.54) is 10.5 Å². The molecule has 4 heterocycles. The SMILES string of the molecule is CC1(C)CN(Cc2ccccc2)CC[C@@]1(O)c1ccc2c(n1)CN(C1CCC(=O)NC1=O)C2=O. The molecule has 0 aliphatic carbocycles. The highest BCUT2D eigenvalue weighted by Gasteiger charge is 2.50. The molecule has 2 N–H and O–H groups in total. The van der Waals surface area contributed by atoms with Crippen molar-refractivity contribution in [2.45, 2.75) is 57.8 Å². The van der Waals surface area contributed by atoms with Gasteiger partial charge in [0.05, 0.1) is 23.5 Å². The molecule has 0 saturated carbocycles. The van der Waals surface area contributed by atoms with Crippen molar-refractivity contribution in [3.05, 3.63) is 65.0 Å². The predicted octanol–water partition coefficient (Wildman–Crippen LogP) is 1.96. The van der Waals surface area contributed by atoms with E-state index < -0.39 is 23.0 Å². The molecule has 8 nitrogen and oxygen atoms in total. The van der Waals surface area contributed by atoms with E-state index >= 15 is 0 Å². The van der Waals surface area contributed by atoms with E-state index in [1.807, 2.05) is 18.2 Å². The summed E-state index contributed by atoms with van der Waals surface area (Å²) in [5.41, 5.74) is 1.23. The Morgan fingerprint density at radius 2 is 1.88 bits per heavy atom. The van der Waals surface area contributed by atoms with Crippen LogP contribution in [0.2, 0.25) is 0 Å². The van der Waals surface area contributed by atoms with Gasteiger partial charge in [-0.2, -0.15) is 0 Å². The smallest absolute Gasteiger partial charge is 0.256 e. The maximum atomic E-state index is 13.0. The largest absolute Gasteiger partial charge is 0.383 e. The summed E-state index contributed by atoms with van der Waals surface area (Å²) >= 11 is 0. The number of hydrogen-bond donors (Lipinski definition) is 2. The van der Waals surface area contributed by atoms with Crippen molar-refractivity contribution in [2.24, 2.45) is 5.41 Å². The second kappa shape index (κ2) is 8.29. The Morgan fingerprint density at radius 1 is 1.12 bits per heavy atom. The third kappa shape index (κ3) is 3.80. The second-order valence-electron chi connectivity index (χ2n) is 10.3. The van der Waals surface area contributed by atoms with Gasteiger partial charge in [-0.3, -0.25) is 29.6 Å². The Labute approximate surface area is 199 Å². The van der Waals surface area contributed by atoms with Gasteiger partial charge in [0, 0.05) is 31.5 Å². The normalized spacial score (nSPS) is 27.0. The summed E-state index contributed by atoms with van der Waals surface area (Å²) in [7, 11) is 0.